The van der Waals surface area contributed by atoms with E-state index in [4.69, 9.17) is 0 Å². The molecule has 126 valence electrons. The van der Waals surface area contributed by atoms with Crippen LogP contribution in [-0.2, 0) is 6.54 Å². The first-order valence-electron chi connectivity index (χ1n) is 8.14. The van der Waals surface area contributed by atoms with E-state index in [1.165, 1.54) is 22.3 Å². The highest BCUT2D eigenvalue weighted by Gasteiger charge is 2.36. The number of fused-ring (bicyclic) bond motifs is 2. The molecule has 2 aromatic rings. The zero-order chi connectivity index (χ0) is 17.9. The Hall–Kier alpha value is -3.02. The van der Waals surface area contributed by atoms with Crippen LogP contribution in [0.25, 0.3) is 0 Å². The minimum Gasteiger partial charge on any atom is -0.318 e. The van der Waals surface area contributed by atoms with Crippen LogP contribution >= 0.6 is 0 Å². The van der Waals surface area contributed by atoms with Crippen molar-refractivity contribution < 1.29 is 9.59 Å². The molecule has 0 atom stereocenters. The molecule has 0 unspecified atom stereocenters. The number of aromatic amines is 1. The van der Waals surface area contributed by atoms with E-state index in [1.54, 1.807) is 13.8 Å². The highest BCUT2D eigenvalue weighted by Crippen LogP contribution is 2.29. The zero-order valence-electron chi connectivity index (χ0n) is 13.9. The molecule has 2 heterocycles. The van der Waals surface area contributed by atoms with Gasteiger partial charge >= 0.3 is 0 Å². The molecule has 2 aliphatic rings. The molecule has 0 radical (unpaired) electrons. The Morgan fingerprint density at radius 3 is 2.36 bits per heavy atom. The Morgan fingerprint density at radius 2 is 1.68 bits per heavy atom. The number of aryl methyl sites for hydroxylation is 2. The lowest BCUT2D eigenvalue weighted by molar-refractivity contribution is 0.0965. The molecule has 25 heavy (non-hydrogen) atoms. The SMILES string of the molecule is Cc1cc(=O)[nH]c2c1C(=O)c1c(C)cc(=O)n(CCC3=CC3)c1C2=O. The van der Waals surface area contributed by atoms with Crippen LogP contribution in [0.1, 0.15) is 56.1 Å². The normalized spacial score (nSPS) is 14.9. The van der Waals surface area contributed by atoms with E-state index in [2.05, 4.69) is 11.1 Å². The van der Waals surface area contributed by atoms with Crippen LogP contribution in [0.2, 0.25) is 0 Å². The van der Waals surface area contributed by atoms with Gasteiger partial charge in [-0.25, -0.2) is 0 Å². The van der Waals surface area contributed by atoms with Gasteiger partial charge in [0, 0.05) is 18.7 Å². The fourth-order valence-corrected chi connectivity index (χ4v) is 3.44. The molecule has 2 aliphatic carbocycles. The van der Waals surface area contributed by atoms with Gasteiger partial charge in [0.15, 0.2) is 5.78 Å². The van der Waals surface area contributed by atoms with Crippen LogP contribution in [0, 0.1) is 13.8 Å². The van der Waals surface area contributed by atoms with Gasteiger partial charge in [-0.05, 0) is 37.8 Å². The predicted octanol–water partition coefficient (Wildman–Crippen LogP) is 1.65. The summed E-state index contributed by atoms with van der Waals surface area (Å²) in [7, 11) is 0. The fourth-order valence-electron chi connectivity index (χ4n) is 3.44. The summed E-state index contributed by atoms with van der Waals surface area (Å²) in [4.78, 5) is 52.8. The van der Waals surface area contributed by atoms with Crippen molar-refractivity contribution in [3.8, 4) is 0 Å². The quantitative estimate of drug-likeness (QED) is 0.737. The van der Waals surface area contributed by atoms with E-state index in [0.29, 0.717) is 24.1 Å². The molecule has 0 saturated heterocycles. The molecule has 0 amide bonds. The highest BCUT2D eigenvalue weighted by molar-refractivity contribution is 6.27. The second-order valence-electron chi connectivity index (χ2n) is 6.58. The maximum Gasteiger partial charge on any atom is 0.251 e. The molecule has 0 saturated carbocycles. The number of carbonyl (C=O) groups excluding carboxylic acids is 2. The summed E-state index contributed by atoms with van der Waals surface area (Å²) in [6.45, 7) is 3.64. The standard InChI is InChI=1S/C19H16N2O4/c1-9-7-12(22)20-16-14(9)18(24)15-10(2)8-13(23)21(17(15)19(16)25)6-5-11-3-4-11/h3,7-8H,4-6H2,1-2H3,(H,20,22). The summed E-state index contributed by atoms with van der Waals surface area (Å²) in [5.74, 6) is -0.800. The first-order valence-corrected chi connectivity index (χ1v) is 8.14. The monoisotopic (exact) mass is 336 g/mol. The maximum absolute atomic E-state index is 13.0. The second-order valence-corrected chi connectivity index (χ2v) is 6.58. The Kier molecular flexibility index (Phi) is 3.25. The number of aromatic nitrogens is 2. The minimum atomic E-state index is -0.476. The lowest BCUT2D eigenvalue weighted by atomic mass is 9.85. The van der Waals surface area contributed by atoms with Crippen molar-refractivity contribution in [1.82, 2.24) is 9.55 Å². The predicted molar refractivity (Wildman–Crippen MR) is 91.4 cm³/mol. The van der Waals surface area contributed by atoms with Gasteiger partial charge in [-0.15, -0.1) is 0 Å². The third-order valence-electron chi connectivity index (χ3n) is 4.79. The topological polar surface area (TPSA) is 89.0 Å². The van der Waals surface area contributed by atoms with Crippen LogP contribution in [0.4, 0.5) is 0 Å². The molecule has 4 rings (SSSR count). The Balaban J connectivity index is 1.99. The van der Waals surface area contributed by atoms with Crippen molar-refractivity contribution in [2.24, 2.45) is 0 Å². The molecule has 0 aromatic carbocycles. The number of rotatable bonds is 3. The number of carbonyl (C=O) groups is 2. The second kappa shape index (κ2) is 5.24. The number of hydrogen-bond acceptors (Lipinski definition) is 4. The molecule has 6 heteroatoms. The average Bonchev–Trinajstić information content (AvgIpc) is 3.34. The van der Waals surface area contributed by atoms with E-state index in [1.807, 2.05) is 0 Å². The van der Waals surface area contributed by atoms with Gasteiger partial charge in [-0.3, -0.25) is 19.2 Å². The lowest BCUT2D eigenvalue weighted by Crippen LogP contribution is -2.35. The maximum atomic E-state index is 13.0. The van der Waals surface area contributed by atoms with Gasteiger partial charge < -0.3 is 9.55 Å². The zero-order valence-corrected chi connectivity index (χ0v) is 13.9. The van der Waals surface area contributed by atoms with Crippen molar-refractivity contribution in [3.63, 3.8) is 0 Å². The third kappa shape index (κ3) is 2.33. The molecule has 2 aromatic heterocycles. The van der Waals surface area contributed by atoms with Gasteiger partial charge in [-0.2, -0.15) is 0 Å². The molecular formula is C19H16N2O4. The number of nitrogens with one attached hydrogen (secondary N) is 1. The molecule has 0 aliphatic heterocycles. The fraction of sp³-hybridized carbons (Fsp3) is 0.263. The van der Waals surface area contributed by atoms with Crippen molar-refractivity contribution in [2.75, 3.05) is 0 Å². The Labute approximate surface area is 142 Å². The molecule has 0 bridgehead atoms. The van der Waals surface area contributed by atoms with Crippen LogP contribution in [0.5, 0.6) is 0 Å². The largest absolute Gasteiger partial charge is 0.318 e. The van der Waals surface area contributed by atoms with Crippen molar-refractivity contribution in [3.05, 3.63) is 78.1 Å². The highest BCUT2D eigenvalue weighted by atomic mass is 16.2. The van der Waals surface area contributed by atoms with Crippen LogP contribution in [0.15, 0.2) is 33.4 Å². The van der Waals surface area contributed by atoms with Gasteiger partial charge in [0.25, 0.3) is 5.56 Å². The number of hydrogen-bond donors (Lipinski definition) is 1. The number of ketones is 2. The summed E-state index contributed by atoms with van der Waals surface area (Å²) in [6, 6.07) is 2.71. The van der Waals surface area contributed by atoms with Crippen molar-refractivity contribution in [1.29, 1.82) is 0 Å². The van der Waals surface area contributed by atoms with Crippen LogP contribution in [-0.4, -0.2) is 21.1 Å². The smallest absolute Gasteiger partial charge is 0.251 e. The summed E-state index contributed by atoms with van der Waals surface area (Å²) in [5, 5.41) is 0. The van der Waals surface area contributed by atoms with E-state index >= 15 is 0 Å². The summed E-state index contributed by atoms with van der Waals surface area (Å²) >= 11 is 0. The van der Waals surface area contributed by atoms with Crippen LogP contribution in [0.3, 0.4) is 0 Å². The average molecular weight is 336 g/mol. The Bertz CT molecular complexity index is 1120. The number of allylic oxidation sites excluding steroid dienone is 2. The molecule has 1 N–H and O–H groups in total. The minimum absolute atomic E-state index is 0.0214. The van der Waals surface area contributed by atoms with Gasteiger partial charge in [0.2, 0.25) is 11.3 Å². The first-order chi connectivity index (χ1) is 11.9. The van der Waals surface area contributed by atoms with Crippen molar-refractivity contribution >= 4 is 11.6 Å². The molecule has 6 nitrogen and oxygen atoms in total. The van der Waals surface area contributed by atoms with Gasteiger partial charge in [0.1, 0.15) is 11.4 Å². The third-order valence-corrected chi connectivity index (χ3v) is 4.79. The number of nitrogens with zero attached hydrogens (tertiary/aromatic N) is 1. The summed E-state index contributed by atoms with van der Waals surface area (Å²) in [5.41, 5.74) is 1.98. The van der Waals surface area contributed by atoms with E-state index in [9.17, 15) is 19.2 Å². The molecule has 0 fully saturated rings. The summed E-state index contributed by atoms with van der Waals surface area (Å²) in [6.07, 6.45) is 3.67. The van der Waals surface area contributed by atoms with Crippen molar-refractivity contribution in [2.45, 2.75) is 33.2 Å². The van der Waals surface area contributed by atoms with E-state index in [0.717, 1.165) is 6.42 Å². The lowest BCUT2D eigenvalue weighted by Gasteiger charge is -2.23. The van der Waals surface area contributed by atoms with Gasteiger partial charge in [-0.1, -0.05) is 11.6 Å². The molecular weight excluding hydrogens is 320 g/mol. The number of H-pyrrole nitrogens is 1. The van der Waals surface area contributed by atoms with E-state index in [-0.39, 0.29) is 33.9 Å². The first kappa shape index (κ1) is 15.5. The molecule has 0 spiro atoms. The van der Waals surface area contributed by atoms with Crippen LogP contribution < -0.4 is 11.1 Å². The number of pyridine rings is 2. The Morgan fingerprint density at radius 1 is 1.00 bits per heavy atom. The van der Waals surface area contributed by atoms with E-state index < -0.39 is 11.3 Å². The summed E-state index contributed by atoms with van der Waals surface area (Å²) < 4.78 is 1.37. The van der Waals surface area contributed by atoms with Gasteiger partial charge in [0.05, 0.1) is 11.1 Å².